The van der Waals surface area contributed by atoms with E-state index in [1.165, 1.54) is 12.1 Å². The molecule has 3 nitrogen and oxygen atoms in total. The zero-order valence-corrected chi connectivity index (χ0v) is 11.2. The molecule has 1 saturated heterocycles. The summed E-state index contributed by atoms with van der Waals surface area (Å²) in [6.45, 7) is 3.25. The van der Waals surface area contributed by atoms with Crippen LogP contribution in [0.4, 0.5) is 4.39 Å². The maximum Gasteiger partial charge on any atom is 0.223 e. The summed E-state index contributed by atoms with van der Waals surface area (Å²) in [6.07, 6.45) is 1.49. The van der Waals surface area contributed by atoms with Crippen molar-refractivity contribution in [3.05, 3.63) is 35.6 Å². The molecule has 19 heavy (non-hydrogen) atoms. The molecule has 0 bridgehead atoms. The second kappa shape index (κ2) is 6.15. The van der Waals surface area contributed by atoms with Crippen molar-refractivity contribution in [2.75, 3.05) is 13.1 Å². The summed E-state index contributed by atoms with van der Waals surface area (Å²) in [5.74, 6) is -0.0593. The van der Waals surface area contributed by atoms with Crippen LogP contribution in [-0.2, 0) is 4.79 Å². The number of amides is 1. The molecule has 1 aromatic rings. The molecule has 0 radical (unpaired) electrons. The van der Waals surface area contributed by atoms with Gasteiger partial charge in [-0.05, 0) is 36.5 Å². The highest BCUT2D eigenvalue weighted by Gasteiger charge is 2.22. The van der Waals surface area contributed by atoms with Crippen LogP contribution in [-0.4, -0.2) is 35.1 Å². The molecule has 1 atom stereocenters. The molecule has 104 valence electrons. The summed E-state index contributed by atoms with van der Waals surface area (Å²) in [5.41, 5.74) is 0.979. The Morgan fingerprint density at radius 3 is 2.53 bits per heavy atom. The standard InChI is InChI=1S/C15H20FNO2/c1-11(12-2-4-13(16)5-3-12)10-15(19)17-8-6-14(18)7-9-17/h2-5,11,14,18H,6-10H2,1H3. The lowest BCUT2D eigenvalue weighted by atomic mass is 9.96. The number of carbonyl (C=O) groups excluding carboxylic acids is 1. The van der Waals surface area contributed by atoms with Gasteiger partial charge in [-0.25, -0.2) is 4.39 Å². The van der Waals surface area contributed by atoms with E-state index in [-0.39, 0.29) is 23.7 Å². The quantitative estimate of drug-likeness (QED) is 0.911. The van der Waals surface area contributed by atoms with Crippen molar-refractivity contribution in [1.29, 1.82) is 0 Å². The molecular weight excluding hydrogens is 245 g/mol. The van der Waals surface area contributed by atoms with Crippen LogP contribution in [0, 0.1) is 5.82 Å². The number of benzene rings is 1. The van der Waals surface area contributed by atoms with Gasteiger partial charge in [-0.1, -0.05) is 19.1 Å². The molecule has 0 saturated carbocycles. The molecule has 1 heterocycles. The highest BCUT2D eigenvalue weighted by Crippen LogP contribution is 2.21. The van der Waals surface area contributed by atoms with E-state index in [1.807, 2.05) is 11.8 Å². The fourth-order valence-electron chi connectivity index (χ4n) is 2.42. The Bertz CT molecular complexity index is 424. The zero-order valence-electron chi connectivity index (χ0n) is 11.2. The predicted molar refractivity (Wildman–Crippen MR) is 71.3 cm³/mol. The Kier molecular flexibility index (Phi) is 4.53. The van der Waals surface area contributed by atoms with Crippen molar-refractivity contribution in [2.24, 2.45) is 0 Å². The number of nitrogens with zero attached hydrogens (tertiary/aromatic N) is 1. The largest absolute Gasteiger partial charge is 0.393 e. The lowest BCUT2D eigenvalue weighted by Gasteiger charge is -2.30. The van der Waals surface area contributed by atoms with Crippen LogP contribution in [0.15, 0.2) is 24.3 Å². The van der Waals surface area contributed by atoms with Crippen molar-refractivity contribution >= 4 is 5.91 Å². The van der Waals surface area contributed by atoms with Crippen LogP contribution in [0.5, 0.6) is 0 Å². The molecule has 1 aliphatic heterocycles. The third-order valence-corrected chi connectivity index (χ3v) is 3.74. The van der Waals surface area contributed by atoms with Gasteiger partial charge in [0.15, 0.2) is 0 Å². The van der Waals surface area contributed by atoms with Gasteiger partial charge in [0.1, 0.15) is 5.82 Å². The summed E-state index contributed by atoms with van der Waals surface area (Å²) < 4.78 is 12.8. The van der Waals surface area contributed by atoms with Gasteiger partial charge in [0.2, 0.25) is 5.91 Å². The molecule has 1 aliphatic rings. The topological polar surface area (TPSA) is 40.5 Å². The highest BCUT2D eigenvalue weighted by molar-refractivity contribution is 5.77. The fourth-order valence-corrected chi connectivity index (χ4v) is 2.42. The number of piperidine rings is 1. The molecular formula is C15H20FNO2. The molecule has 0 spiro atoms. The second-order valence-corrected chi connectivity index (χ2v) is 5.27. The van der Waals surface area contributed by atoms with E-state index >= 15 is 0 Å². The summed E-state index contributed by atoms with van der Waals surface area (Å²) >= 11 is 0. The Hall–Kier alpha value is -1.42. The van der Waals surface area contributed by atoms with Crippen LogP contribution in [0.3, 0.4) is 0 Å². The van der Waals surface area contributed by atoms with E-state index in [0.717, 1.165) is 5.56 Å². The van der Waals surface area contributed by atoms with Crippen molar-refractivity contribution in [3.8, 4) is 0 Å². The van der Waals surface area contributed by atoms with E-state index in [4.69, 9.17) is 0 Å². The fraction of sp³-hybridized carbons (Fsp3) is 0.533. The third kappa shape index (κ3) is 3.77. The van der Waals surface area contributed by atoms with Gasteiger partial charge in [-0.3, -0.25) is 4.79 Å². The minimum absolute atomic E-state index is 0.0833. The maximum atomic E-state index is 12.8. The van der Waals surface area contributed by atoms with Gasteiger partial charge in [0.05, 0.1) is 6.10 Å². The number of aliphatic hydroxyl groups excluding tert-OH is 1. The monoisotopic (exact) mass is 265 g/mol. The molecule has 0 aromatic heterocycles. The second-order valence-electron chi connectivity index (χ2n) is 5.27. The van der Waals surface area contributed by atoms with Crippen LogP contribution in [0.25, 0.3) is 0 Å². The van der Waals surface area contributed by atoms with Gasteiger partial charge < -0.3 is 10.0 Å². The lowest BCUT2D eigenvalue weighted by Crippen LogP contribution is -2.40. The Morgan fingerprint density at radius 2 is 1.95 bits per heavy atom. The van der Waals surface area contributed by atoms with Crippen LogP contribution in [0.1, 0.15) is 37.7 Å². The first-order chi connectivity index (χ1) is 9.06. The highest BCUT2D eigenvalue weighted by atomic mass is 19.1. The minimum atomic E-state index is -0.265. The Balaban J connectivity index is 1.89. The minimum Gasteiger partial charge on any atom is -0.393 e. The van der Waals surface area contributed by atoms with Crippen LogP contribution < -0.4 is 0 Å². The summed E-state index contributed by atoms with van der Waals surface area (Å²) in [5, 5.41) is 9.42. The zero-order chi connectivity index (χ0) is 13.8. The van der Waals surface area contributed by atoms with E-state index in [2.05, 4.69) is 0 Å². The van der Waals surface area contributed by atoms with E-state index in [9.17, 15) is 14.3 Å². The van der Waals surface area contributed by atoms with Gasteiger partial charge in [0.25, 0.3) is 0 Å². The molecule has 2 rings (SSSR count). The third-order valence-electron chi connectivity index (χ3n) is 3.74. The number of hydrogen-bond acceptors (Lipinski definition) is 2. The van der Waals surface area contributed by atoms with E-state index < -0.39 is 0 Å². The Labute approximate surface area is 113 Å². The average molecular weight is 265 g/mol. The van der Waals surface area contributed by atoms with E-state index in [1.54, 1.807) is 12.1 Å². The smallest absolute Gasteiger partial charge is 0.223 e. The number of hydrogen-bond donors (Lipinski definition) is 1. The van der Waals surface area contributed by atoms with Gasteiger partial charge >= 0.3 is 0 Å². The molecule has 1 fully saturated rings. The molecule has 0 aliphatic carbocycles. The van der Waals surface area contributed by atoms with Crippen molar-refractivity contribution in [2.45, 2.75) is 38.2 Å². The van der Waals surface area contributed by atoms with Gasteiger partial charge in [-0.2, -0.15) is 0 Å². The molecule has 1 aromatic carbocycles. The number of carbonyl (C=O) groups is 1. The molecule has 1 N–H and O–H groups in total. The van der Waals surface area contributed by atoms with Gasteiger partial charge in [-0.15, -0.1) is 0 Å². The number of likely N-dealkylation sites (tertiary alicyclic amines) is 1. The molecule has 1 unspecified atom stereocenters. The number of halogens is 1. The average Bonchev–Trinajstić information content (AvgIpc) is 2.40. The van der Waals surface area contributed by atoms with Crippen molar-refractivity contribution in [1.82, 2.24) is 4.90 Å². The normalized spacial score (nSPS) is 18.4. The first-order valence-electron chi connectivity index (χ1n) is 6.77. The van der Waals surface area contributed by atoms with Gasteiger partial charge in [0, 0.05) is 19.5 Å². The van der Waals surface area contributed by atoms with E-state index in [0.29, 0.717) is 32.4 Å². The Morgan fingerprint density at radius 1 is 1.37 bits per heavy atom. The first kappa shape index (κ1) is 14.0. The summed E-state index contributed by atoms with van der Waals surface area (Å²) in [6, 6.07) is 6.31. The molecule has 1 amide bonds. The van der Waals surface area contributed by atoms with Crippen LogP contribution >= 0.6 is 0 Å². The van der Waals surface area contributed by atoms with Crippen molar-refractivity contribution in [3.63, 3.8) is 0 Å². The first-order valence-corrected chi connectivity index (χ1v) is 6.77. The molecule has 4 heteroatoms. The maximum absolute atomic E-state index is 12.8. The predicted octanol–water partition coefficient (Wildman–Crippen LogP) is 2.30. The summed E-state index contributed by atoms with van der Waals surface area (Å²) in [4.78, 5) is 13.9. The lowest BCUT2D eigenvalue weighted by molar-refractivity contribution is -0.133. The van der Waals surface area contributed by atoms with Crippen LogP contribution in [0.2, 0.25) is 0 Å². The SMILES string of the molecule is CC(CC(=O)N1CCC(O)CC1)c1ccc(F)cc1. The summed E-state index contributed by atoms with van der Waals surface area (Å²) in [7, 11) is 0. The number of aliphatic hydroxyl groups is 1. The van der Waals surface area contributed by atoms with Crippen molar-refractivity contribution < 1.29 is 14.3 Å². The number of rotatable bonds is 3.